The Hall–Kier alpha value is -2.47. The molecule has 0 spiro atoms. The average molecular weight is 452 g/mol. The fourth-order valence-corrected chi connectivity index (χ4v) is 5.79. The summed E-state index contributed by atoms with van der Waals surface area (Å²) < 4.78 is 29.8. The maximum atomic E-state index is 12.5. The second-order valence-corrected chi connectivity index (χ2v) is 10.4. The topological polar surface area (TPSA) is 97.4 Å². The number of hydrogen-bond donors (Lipinski definition) is 1. The third-order valence-corrected chi connectivity index (χ3v) is 8.07. The number of rotatable bonds is 5. The van der Waals surface area contributed by atoms with Gasteiger partial charge >= 0.3 is 0 Å². The van der Waals surface area contributed by atoms with Crippen LogP contribution in [-0.2, 0) is 17.1 Å². The summed E-state index contributed by atoms with van der Waals surface area (Å²) >= 11 is 7.40. The fraction of sp³-hybridized carbons (Fsp3) is 0.235. The lowest BCUT2D eigenvalue weighted by Crippen LogP contribution is -2.21. The van der Waals surface area contributed by atoms with E-state index in [4.69, 9.17) is 11.6 Å². The lowest BCUT2D eigenvalue weighted by Gasteiger charge is -2.10. The van der Waals surface area contributed by atoms with E-state index in [0.717, 1.165) is 22.5 Å². The van der Waals surface area contributed by atoms with E-state index in [1.54, 1.807) is 40.6 Å². The Morgan fingerprint density at radius 3 is 2.62 bits per heavy atom. The highest BCUT2D eigenvalue weighted by Gasteiger charge is 2.23. The van der Waals surface area contributed by atoms with Crippen LogP contribution in [0.1, 0.15) is 5.56 Å². The minimum absolute atomic E-state index is 0.290. The van der Waals surface area contributed by atoms with Crippen molar-refractivity contribution >= 4 is 49.4 Å². The van der Waals surface area contributed by atoms with E-state index >= 15 is 0 Å². The summed E-state index contributed by atoms with van der Waals surface area (Å²) in [6, 6.07) is 3.43. The molecule has 0 atom stereocenters. The van der Waals surface area contributed by atoms with Crippen molar-refractivity contribution in [3.05, 3.63) is 41.4 Å². The van der Waals surface area contributed by atoms with Gasteiger partial charge in [-0.1, -0.05) is 11.6 Å². The second-order valence-electron chi connectivity index (χ2n) is 6.65. The molecule has 4 aromatic rings. The molecule has 4 aromatic heterocycles. The minimum atomic E-state index is -3.52. The molecule has 0 fully saturated rings. The molecular formula is C17H18ClN7O2S2. The average Bonchev–Trinajstić information content (AvgIpc) is 3.33. The van der Waals surface area contributed by atoms with Crippen molar-refractivity contribution in [3.63, 3.8) is 0 Å². The molecule has 0 aliphatic heterocycles. The van der Waals surface area contributed by atoms with Crippen LogP contribution >= 0.6 is 22.9 Å². The van der Waals surface area contributed by atoms with Crippen LogP contribution in [0.5, 0.6) is 0 Å². The van der Waals surface area contributed by atoms with Crippen LogP contribution < -0.4 is 5.32 Å². The second kappa shape index (κ2) is 7.10. The molecule has 4 heterocycles. The van der Waals surface area contributed by atoms with E-state index in [1.165, 1.54) is 18.4 Å². The summed E-state index contributed by atoms with van der Waals surface area (Å²) in [6.45, 7) is 1.77. The predicted octanol–water partition coefficient (Wildman–Crippen LogP) is 3.15. The molecule has 152 valence electrons. The molecule has 12 heteroatoms. The van der Waals surface area contributed by atoms with Gasteiger partial charge in [0.1, 0.15) is 15.2 Å². The van der Waals surface area contributed by atoms with Crippen LogP contribution in [0.2, 0.25) is 5.15 Å². The highest BCUT2D eigenvalue weighted by Crippen LogP contribution is 2.35. The Morgan fingerprint density at radius 2 is 1.97 bits per heavy atom. The Balaban J connectivity index is 1.77. The monoisotopic (exact) mass is 451 g/mol. The molecule has 0 saturated heterocycles. The quantitative estimate of drug-likeness (QED) is 0.468. The number of hydrogen-bond acceptors (Lipinski definition) is 7. The number of sulfonamides is 1. The fourth-order valence-electron chi connectivity index (χ4n) is 2.86. The Bertz CT molecular complexity index is 1320. The van der Waals surface area contributed by atoms with E-state index in [2.05, 4.69) is 20.5 Å². The van der Waals surface area contributed by atoms with Crippen LogP contribution in [-0.4, -0.2) is 51.2 Å². The minimum Gasteiger partial charge on any atom is -0.332 e. The summed E-state index contributed by atoms with van der Waals surface area (Å²) in [6.07, 6.45) is 5.30. The number of halogens is 1. The first-order valence-corrected chi connectivity index (χ1v) is 11.1. The Morgan fingerprint density at radius 1 is 1.21 bits per heavy atom. The number of nitrogens with zero attached hydrogens (tertiary/aromatic N) is 6. The molecule has 0 bridgehead atoms. The highest BCUT2D eigenvalue weighted by atomic mass is 35.5. The predicted molar refractivity (Wildman–Crippen MR) is 113 cm³/mol. The molecule has 0 saturated carbocycles. The van der Waals surface area contributed by atoms with E-state index in [0.29, 0.717) is 27.2 Å². The molecule has 9 nitrogen and oxygen atoms in total. The molecule has 1 N–H and O–H groups in total. The molecule has 0 aliphatic rings. The molecule has 4 rings (SSSR count). The summed E-state index contributed by atoms with van der Waals surface area (Å²) in [7, 11) is 1.34. The van der Waals surface area contributed by atoms with Crippen LogP contribution in [0.15, 0.2) is 34.9 Å². The lowest BCUT2D eigenvalue weighted by atomic mass is 10.2. The van der Waals surface area contributed by atoms with E-state index < -0.39 is 10.0 Å². The summed E-state index contributed by atoms with van der Waals surface area (Å²) in [4.78, 5) is 4.40. The SMILES string of the molecule is Cc1cc(Nc2cc(Cl)nc3c(-c4cnn(C)c4)cnn23)sc1S(=O)(=O)N(C)C. The Labute approximate surface area is 176 Å². The van der Waals surface area contributed by atoms with Crippen LogP contribution in [0.4, 0.5) is 10.8 Å². The smallest absolute Gasteiger partial charge is 0.252 e. The van der Waals surface area contributed by atoms with Gasteiger partial charge in [0.25, 0.3) is 10.0 Å². The van der Waals surface area contributed by atoms with Crippen molar-refractivity contribution in [2.75, 3.05) is 19.4 Å². The molecule has 0 unspecified atom stereocenters. The molecular weight excluding hydrogens is 434 g/mol. The van der Waals surface area contributed by atoms with Crippen molar-refractivity contribution in [1.29, 1.82) is 0 Å². The largest absolute Gasteiger partial charge is 0.332 e. The number of fused-ring (bicyclic) bond motifs is 1. The first-order chi connectivity index (χ1) is 13.7. The summed E-state index contributed by atoms with van der Waals surface area (Å²) in [5.41, 5.74) is 2.90. The van der Waals surface area contributed by atoms with Crippen molar-refractivity contribution in [2.24, 2.45) is 7.05 Å². The van der Waals surface area contributed by atoms with Crippen molar-refractivity contribution < 1.29 is 8.42 Å². The molecule has 29 heavy (non-hydrogen) atoms. The number of anilines is 2. The van der Waals surface area contributed by atoms with E-state index in [-0.39, 0.29) is 4.21 Å². The third kappa shape index (κ3) is 3.50. The molecule has 0 aromatic carbocycles. The lowest BCUT2D eigenvalue weighted by molar-refractivity contribution is 0.522. The van der Waals surface area contributed by atoms with Gasteiger partial charge in [0.05, 0.1) is 17.4 Å². The van der Waals surface area contributed by atoms with Gasteiger partial charge in [0.15, 0.2) is 5.65 Å². The molecule has 0 radical (unpaired) electrons. The number of thiophene rings is 1. The summed E-state index contributed by atoms with van der Waals surface area (Å²) in [5, 5.41) is 12.8. The summed E-state index contributed by atoms with van der Waals surface area (Å²) in [5.74, 6) is 0.574. The maximum Gasteiger partial charge on any atom is 0.252 e. The standard InChI is InChI=1S/C17H18ClN7O2S2/c1-10-5-15(28-17(10)29(26,27)23(2)3)22-14-6-13(18)21-16-12(8-20-25(14)16)11-7-19-24(4)9-11/h5-9,22H,1-4H3. The van der Waals surface area contributed by atoms with Gasteiger partial charge in [0.2, 0.25) is 0 Å². The van der Waals surface area contributed by atoms with E-state index in [9.17, 15) is 8.42 Å². The van der Waals surface area contributed by atoms with Gasteiger partial charge in [-0.25, -0.2) is 17.7 Å². The van der Waals surface area contributed by atoms with Crippen molar-refractivity contribution in [3.8, 4) is 11.1 Å². The third-order valence-electron chi connectivity index (χ3n) is 4.29. The normalized spacial score (nSPS) is 12.2. The van der Waals surface area contributed by atoms with Gasteiger partial charge in [-0.3, -0.25) is 4.68 Å². The van der Waals surface area contributed by atoms with Crippen LogP contribution in [0.3, 0.4) is 0 Å². The zero-order valence-electron chi connectivity index (χ0n) is 16.1. The van der Waals surface area contributed by atoms with Crippen LogP contribution in [0, 0.1) is 6.92 Å². The van der Waals surface area contributed by atoms with Gasteiger partial charge in [-0.05, 0) is 18.6 Å². The first kappa shape index (κ1) is 19.8. The highest BCUT2D eigenvalue weighted by molar-refractivity contribution is 7.91. The van der Waals surface area contributed by atoms with Crippen molar-refractivity contribution in [2.45, 2.75) is 11.1 Å². The van der Waals surface area contributed by atoms with Gasteiger partial charge in [0, 0.05) is 44.5 Å². The maximum absolute atomic E-state index is 12.5. The zero-order valence-corrected chi connectivity index (χ0v) is 18.5. The molecule has 0 amide bonds. The van der Waals surface area contributed by atoms with Crippen LogP contribution in [0.25, 0.3) is 16.8 Å². The van der Waals surface area contributed by atoms with Gasteiger partial charge in [-0.2, -0.15) is 14.7 Å². The number of aryl methyl sites for hydroxylation is 2. The van der Waals surface area contributed by atoms with Crippen molar-refractivity contribution in [1.82, 2.24) is 28.7 Å². The van der Waals surface area contributed by atoms with Gasteiger partial charge < -0.3 is 5.32 Å². The number of nitrogens with one attached hydrogen (secondary N) is 1. The van der Waals surface area contributed by atoms with E-state index in [1.807, 2.05) is 13.2 Å². The zero-order chi connectivity index (χ0) is 20.9. The first-order valence-electron chi connectivity index (χ1n) is 8.50. The number of aromatic nitrogens is 5. The Kier molecular flexibility index (Phi) is 4.85. The van der Waals surface area contributed by atoms with Gasteiger partial charge in [-0.15, -0.1) is 11.3 Å². The molecule has 0 aliphatic carbocycles.